The molecule has 2 heterocycles. The van der Waals surface area contributed by atoms with E-state index in [0.29, 0.717) is 23.8 Å². The monoisotopic (exact) mass is 537 g/mol. The Morgan fingerprint density at radius 2 is 1.74 bits per heavy atom. The summed E-state index contributed by atoms with van der Waals surface area (Å²) in [7, 11) is 1.64. The van der Waals surface area contributed by atoms with E-state index in [1.54, 1.807) is 7.11 Å². The number of anilines is 2. The van der Waals surface area contributed by atoms with Gasteiger partial charge in [0.05, 0.1) is 7.11 Å². The second-order valence-electron chi connectivity index (χ2n) is 9.59. The zero-order chi connectivity index (χ0) is 27.5. The molecule has 0 spiro atoms. The number of carbonyl (C=O) groups excluding carboxylic acids is 1. The van der Waals surface area contributed by atoms with Gasteiger partial charge in [0.1, 0.15) is 11.4 Å². The Balaban J connectivity index is 0.000000723. The topological polar surface area (TPSA) is 71.4 Å². The number of fused-ring (bicyclic) bond motifs is 4. The van der Waals surface area contributed by atoms with E-state index in [-0.39, 0.29) is 11.8 Å². The van der Waals surface area contributed by atoms with Crippen molar-refractivity contribution in [1.29, 1.82) is 0 Å². The lowest BCUT2D eigenvalue weighted by Gasteiger charge is -2.19. The minimum atomic E-state index is -0.0763. The number of amides is 1. The predicted octanol–water partition coefficient (Wildman–Crippen LogP) is 8.14. The zero-order valence-electron chi connectivity index (χ0n) is 22.4. The lowest BCUT2D eigenvalue weighted by Crippen LogP contribution is -2.30. The first-order valence-electron chi connectivity index (χ1n) is 13.0. The standard InChI is InChI=1S/C29H24ClN3O2.C4H8/c1-35-21-10-11-25-18(12-21)13-26(32-25)29(34)33-16-19(15-30)28-23-5-3-2-4-22(23)24(14-27(28)33)17-6-8-20(31)9-7-17;1-3-4-2/h2-14,19,32H,15-16,31H2,1H3;3-4H,1-2H3/b;4-3-. The molecule has 0 saturated carbocycles. The van der Waals surface area contributed by atoms with Crippen LogP contribution in [-0.2, 0) is 0 Å². The highest BCUT2D eigenvalue weighted by Crippen LogP contribution is 2.46. The van der Waals surface area contributed by atoms with Gasteiger partial charge in [0, 0.05) is 40.6 Å². The van der Waals surface area contributed by atoms with Gasteiger partial charge in [0.2, 0.25) is 0 Å². The molecule has 1 unspecified atom stereocenters. The molecule has 1 amide bonds. The third-order valence-electron chi connectivity index (χ3n) is 7.21. The highest BCUT2D eigenvalue weighted by atomic mass is 35.5. The Labute approximate surface area is 233 Å². The van der Waals surface area contributed by atoms with E-state index in [2.05, 4.69) is 23.2 Å². The summed E-state index contributed by atoms with van der Waals surface area (Å²) in [5.41, 5.74) is 12.2. The number of alkyl halides is 1. The lowest BCUT2D eigenvalue weighted by molar-refractivity contribution is 0.0984. The predicted molar refractivity (Wildman–Crippen MR) is 164 cm³/mol. The van der Waals surface area contributed by atoms with Crippen LogP contribution in [0.25, 0.3) is 32.8 Å². The van der Waals surface area contributed by atoms with E-state index in [0.717, 1.165) is 49.8 Å². The molecule has 1 aliphatic heterocycles. The van der Waals surface area contributed by atoms with Gasteiger partial charge in [-0.3, -0.25) is 4.79 Å². The molecule has 5 nitrogen and oxygen atoms in total. The highest BCUT2D eigenvalue weighted by molar-refractivity contribution is 6.19. The molecule has 4 aromatic carbocycles. The van der Waals surface area contributed by atoms with Crippen molar-refractivity contribution in [3.05, 3.63) is 102 Å². The van der Waals surface area contributed by atoms with Gasteiger partial charge < -0.3 is 20.4 Å². The summed E-state index contributed by atoms with van der Waals surface area (Å²) in [6.45, 7) is 4.53. The molecule has 198 valence electrons. The molecule has 6 heteroatoms. The molecular formula is C33H32ClN3O2. The van der Waals surface area contributed by atoms with Crippen LogP contribution in [0.3, 0.4) is 0 Å². The van der Waals surface area contributed by atoms with Gasteiger partial charge >= 0.3 is 0 Å². The normalized spacial score (nSPS) is 14.5. The van der Waals surface area contributed by atoms with Crippen LogP contribution in [0.1, 0.15) is 35.8 Å². The largest absolute Gasteiger partial charge is 0.497 e. The van der Waals surface area contributed by atoms with Crippen LogP contribution in [0.15, 0.2) is 91.0 Å². The first-order chi connectivity index (χ1) is 19.0. The van der Waals surface area contributed by atoms with Crippen LogP contribution >= 0.6 is 11.6 Å². The Morgan fingerprint density at radius 3 is 2.41 bits per heavy atom. The summed E-state index contributed by atoms with van der Waals surface area (Å²) in [5, 5.41) is 3.19. The van der Waals surface area contributed by atoms with Gasteiger partial charge in [0.15, 0.2) is 0 Å². The third-order valence-corrected chi connectivity index (χ3v) is 7.58. The molecule has 0 bridgehead atoms. The molecule has 5 aromatic rings. The van der Waals surface area contributed by atoms with Crippen molar-refractivity contribution in [3.63, 3.8) is 0 Å². The number of hydrogen-bond acceptors (Lipinski definition) is 3. The number of aromatic amines is 1. The fraction of sp³-hybridized carbons (Fsp3) is 0.182. The third kappa shape index (κ3) is 4.98. The van der Waals surface area contributed by atoms with Crippen LogP contribution in [0.2, 0.25) is 0 Å². The number of H-pyrrole nitrogens is 1. The number of nitrogens with one attached hydrogen (secondary N) is 1. The molecule has 3 N–H and O–H groups in total. The number of carbonyl (C=O) groups is 1. The molecule has 0 aliphatic carbocycles. The SMILES string of the molecule is C/C=C\C.COc1ccc2[nH]c(C(=O)N3CC(CCl)c4c3cc(-c3ccc(N)cc3)c3ccccc43)cc2c1. The van der Waals surface area contributed by atoms with E-state index in [9.17, 15) is 4.79 Å². The van der Waals surface area contributed by atoms with Crippen molar-refractivity contribution < 1.29 is 9.53 Å². The zero-order valence-corrected chi connectivity index (χ0v) is 23.1. The number of rotatable bonds is 4. The molecule has 0 saturated heterocycles. The number of aromatic nitrogens is 1. The maximum atomic E-state index is 13.8. The van der Waals surface area contributed by atoms with Crippen LogP contribution in [0.4, 0.5) is 11.4 Å². The number of hydrogen-bond donors (Lipinski definition) is 2. The average molecular weight is 538 g/mol. The van der Waals surface area contributed by atoms with Crippen LogP contribution in [-0.4, -0.2) is 30.4 Å². The Bertz CT molecular complexity index is 1670. The lowest BCUT2D eigenvalue weighted by atomic mass is 9.90. The molecule has 1 aromatic heterocycles. The van der Waals surface area contributed by atoms with Crippen molar-refractivity contribution in [2.75, 3.05) is 30.2 Å². The van der Waals surface area contributed by atoms with Crippen LogP contribution < -0.4 is 15.4 Å². The van der Waals surface area contributed by atoms with Crippen molar-refractivity contribution in [2.24, 2.45) is 0 Å². The first kappa shape index (κ1) is 26.4. The minimum Gasteiger partial charge on any atom is -0.497 e. The number of methoxy groups -OCH3 is 1. The summed E-state index contributed by atoms with van der Waals surface area (Å²) in [6, 6.07) is 25.9. The Kier molecular flexibility index (Phi) is 7.62. The Hall–Kier alpha value is -4.22. The summed E-state index contributed by atoms with van der Waals surface area (Å²) in [4.78, 5) is 19.0. The second-order valence-corrected chi connectivity index (χ2v) is 9.90. The van der Waals surface area contributed by atoms with E-state index < -0.39 is 0 Å². The van der Waals surface area contributed by atoms with E-state index >= 15 is 0 Å². The van der Waals surface area contributed by atoms with Gasteiger partial charge in [-0.15, -0.1) is 11.6 Å². The van der Waals surface area contributed by atoms with E-state index in [4.69, 9.17) is 22.1 Å². The number of nitrogen functional groups attached to an aromatic ring is 1. The fourth-order valence-electron chi connectivity index (χ4n) is 5.16. The number of allylic oxidation sites excluding steroid dienone is 2. The van der Waals surface area contributed by atoms with Gasteiger partial charge in [0.25, 0.3) is 5.91 Å². The molecule has 39 heavy (non-hydrogen) atoms. The van der Waals surface area contributed by atoms with Crippen molar-refractivity contribution in [2.45, 2.75) is 19.8 Å². The maximum absolute atomic E-state index is 13.8. The van der Waals surface area contributed by atoms with Gasteiger partial charge in [-0.25, -0.2) is 0 Å². The summed E-state index contributed by atoms with van der Waals surface area (Å²) >= 11 is 6.45. The number of nitrogens with two attached hydrogens (primary N) is 1. The maximum Gasteiger partial charge on any atom is 0.274 e. The molecule has 0 radical (unpaired) electrons. The van der Waals surface area contributed by atoms with Crippen LogP contribution in [0, 0.1) is 0 Å². The van der Waals surface area contributed by atoms with Gasteiger partial charge in [-0.2, -0.15) is 0 Å². The van der Waals surface area contributed by atoms with Gasteiger partial charge in [-0.05, 0) is 83.8 Å². The molecular weight excluding hydrogens is 506 g/mol. The summed E-state index contributed by atoms with van der Waals surface area (Å²) in [5.74, 6) is 1.16. The smallest absolute Gasteiger partial charge is 0.274 e. The summed E-state index contributed by atoms with van der Waals surface area (Å²) < 4.78 is 5.34. The van der Waals surface area contributed by atoms with Crippen molar-refractivity contribution >= 4 is 50.6 Å². The van der Waals surface area contributed by atoms with E-state index in [1.165, 1.54) is 0 Å². The first-order valence-corrected chi connectivity index (χ1v) is 13.6. The molecule has 1 aliphatic rings. The number of halogens is 1. The molecule has 1 atom stereocenters. The second kappa shape index (κ2) is 11.3. The fourth-order valence-corrected chi connectivity index (χ4v) is 5.42. The van der Waals surface area contributed by atoms with Crippen molar-refractivity contribution in [3.8, 4) is 16.9 Å². The van der Waals surface area contributed by atoms with Gasteiger partial charge in [-0.1, -0.05) is 48.6 Å². The van der Waals surface area contributed by atoms with Crippen molar-refractivity contribution in [1.82, 2.24) is 4.98 Å². The number of ether oxygens (including phenoxy) is 1. The number of nitrogens with zero attached hydrogens (tertiary/aromatic N) is 1. The minimum absolute atomic E-state index is 0.0467. The molecule has 6 rings (SSSR count). The summed E-state index contributed by atoms with van der Waals surface area (Å²) in [6.07, 6.45) is 4.00. The highest BCUT2D eigenvalue weighted by Gasteiger charge is 2.35. The molecule has 0 fully saturated rings. The average Bonchev–Trinajstić information content (AvgIpc) is 3.58. The Morgan fingerprint density at radius 1 is 1.03 bits per heavy atom. The van der Waals surface area contributed by atoms with Crippen LogP contribution in [0.5, 0.6) is 5.75 Å². The quantitative estimate of drug-likeness (QED) is 0.138. The van der Waals surface area contributed by atoms with E-state index in [1.807, 2.05) is 91.6 Å². The number of benzene rings is 4.